The molecule has 0 spiro atoms. The molecule has 1 aromatic carbocycles. The summed E-state index contributed by atoms with van der Waals surface area (Å²) in [4.78, 5) is 10.1. The van der Waals surface area contributed by atoms with Gasteiger partial charge in [-0.1, -0.05) is 15.9 Å². The van der Waals surface area contributed by atoms with Crippen LogP contribution < -0.4 is 10.8 Å². The third-order valence-electron chi connectivity index (χ3n) is 3.08. The molecular formula is C13H14BrN3O. The molecule has 0 saturated carbocycles. The van der Waals surface area contributed by atoms with Gasteiger partial charge < -0.3 is 5.73 Å². The van der Waals surface area contributed by atoms with Gasteiger partial charge in [0.15, 0.2) is 0 Å². The summed E-state index contributed by atoms with van der Waals surface area (Å²) in [7, 11) is 0. The molecule has 1 aliphatic heterocycles. The SMILES string of the molecule is Nc1cnc2ccc(Br)cc2c1N1CCCCO1. The van der Waals surface area contributed by atoms with Crippen molar-refractivity contribution in [3.05, 3.63) is 28.9 Å². The summed E-state index contributed by atoms with van der Waals surface area (Å²) < 4.78 is 1.01. The molecule has 0 atom stereocenters. The summed E-state index contributed by atoms with van der Waals surface area (Å²) in [5.74, 6) is 0. The molecule has 1 saturated heterocycles. The first-order chi connectivity index (χ1) is 8.75. The maximum atomic E-state index is 6.07. The molecule has 0 amide bonds. The first kappa shape index (κ1) is 11.7. The van der Waals surface area contributed by atoms with E-state index >= 15 is 0 Å². The molecular weight excluding hydrogens is 294 g/mol. The van der Waals surface area contributed by atoms with Crippen molar-refractivity contribution in [2.45, 2.75) is 12.8 Å². The summed E-state index contributed by atoms with van der Waals surface area (Å²) >= 11 is 3.49. The molecule has 0 aliphatic carbocycles. The molecule has 3 rings (SSSR count). The van der Waals surface area contributed by atoms with E-state index in [-0.39, 0.29) is 0 Å². The highest BCUT2D eigenvalue weighted by atomic mass is 79.9. The lowest BCUT2D eigenvalue weighted by Gasteiger charge is -2.29. The maximum Gasteiger partial charge on any atom is 0.0976 e. The number of fused-ring (bicyclic) bond motifs is 1. The molecule has 5 heteroatoms. The van der Waals surface area contributed by atoms with E-state index < -0.39 is 0 Å². The van der Waals surface area contributed by atoms with E-state index in [2.05, 4.69) is 20.9 Å². The highest BCUT2D eigenvalue weighted by molar-refractivity contribution is 9.10. The average Bonchev–Trinajstić information content (AvgIpc) is 2.39. The van der Waals surface area contributed by atoms with Crippen molar-refractivity contribution in [1.82, 2.24) is 4.98 Å². The van der Waals surface area contributed by atoms with Gasteiger partial charge in [0.05, 0.1) is 29.7 Å². The monoisotopic (exact) mass is 307 g/mol. The lowest BCUT2D eigenvalue weighted by molar-refractivity contribution is 0.0787. The van der Waals surface area contributed by atoms with Gasteiger partial charge in [-0.3, -0.25) is 14.9 Å². The molecule has 2 N–H and O–H groups in total. The summed E-state index contributed by atoms with van der Waals surface area (Å²) in [6.07, 6.45) is 3.92. The normalized spacial score (nSPS) is 16.2. The minimum absolute atomic E-state index is 0.655. The zero-order valence-corrected chi connectivity index (χ0v) is 11.5. The molecule has 0 bridgehead atoms. The van der Waals surface area contributed by atoms with Crippen molar-refractivity contribution >= 4 is 38.2 Å². The zero-order valence-electron chi connectivity index (χ0n) is 9.90. The van der Waals surface area contributed by atoms with Crippen LogP contribution in [-0.4, -0.2) is 18.1 Å². The molecule has 4 nitrogen and oxygen atoms in total. The van der Waals surface area contributed by atoms with Crippen molar-refractivity contribution < 1.29 is 4.84 Å². The average molecular weight is 308 g/mol. The Labute approximate surface area is 114 Å². The fourth-order valence-electron chi connectivity index (χ4n) is 2.22. The number of anilines is 2. The van der Waals surface area contributed by atoms with Gasteiger partial charge in [-0.05, 0) is 31.0 Å². The Morgan fingerprint density at radius 2 is 2.22 bits per heavy atom. The first-order valence-corrected chi connectivity index (χ1v) is 6.79. The van der Waals surface area contributed by atoms with Crippen LogP contribution in [0.1, 0.15) is 12.8 Å². The molecule has 18 heavy (non-hydrogen) atoms. The summed E-state index contributed by atoms with van der Waals surface area (Å²) in [5, 5.41) is 2.92. The second-order valence-electron chi connectivity index (χ2n) is 4.37. The topological polar surface area (TPSA) is 51.4 Å². The lowest BCUT2D eigenvalue weighted by Crippen LogP contribution is -2.30. The predicted octanol–water partition coefficient (Wildman–Crippen LogP) is 3.11. The number of nitrogen functional groups attached to an aromatic ring is 1. The largest absolute Gasteiger partial charge is 0.396 e. The van der Waals surface area contributed by atoms with Crippen LogP contribution in [0, 0.1) is 0 Å². The molecule has 2 aromatic rings. The number of nitrogens with two attached hydrogens (primary N) is 1. The van der Waals surface area contributed by atoms with Crippen LogP contribution in [0.15, 0.2) is 28.9 Å². The fraction of sp³-hybridized carbons (Fsp3) is 0.308. The van der Waals surface area contributed by atoms with Crippen LogP contribution in [0.25, 0.3) is 10.9 Å². The second-order valence-corrected chi connectivity index (χ2v) is 5.28. The van der Waals surface area contributed by atoms with Crippen LogP contribution >= 0.6 is 15.9 Å². The Morgan fingerprint density at radius 3 is 3.00 bits per heavy atom. The van der Waals surface area contributed by atoms with E-state index in [1.165, 1.54) is 0 Å². The molecule has 2 heterocycles. The third kappa shape index (κ3) is 2.04. The number of halogens is 1. The fourth-order valence-corrected chi connectivity index (χ4v) is 2.58. The van der Waals surface area contributed by atoms with Gasteiger partial charge in [0.25, 0.3) is 0 Å². The minimum atomic E-state index is 0.655. The summed E-state index contributed by atoms with van der Waals surface area (Å²) in [6, 6.07) is 5.99. The van der Waals surface area contributed by atoms with E-state index in [1.54, 1.807) is 6.20 Å². The number of hydroxylamine groups is 1. The van der Waals surface area contributed by atoms with E-state index in [4.69, 9.17) is 10.6 Å². The number of hydrogen-bond acceptors (Lipinski definition) is 4. The highest BCUT2D eigenvalue weighted by Gasteiger charge is 2.18. The number of hydrogen-bond donors (Lipinski definition) is 1. The zero-order chi connectivity index (χ0) is 12.5. The van der Waals surface area contributed by atoms with Crippen LogP contribution in [0.4, 0.5) is 11.4 Å². The number of aromatic nitrogens is 1. The molecule has 94 valence electrons. The highest BCUT2D eigenvalue weighted by Crippen LogP contribution is 2.34. The Morgan fingerprint density at radius 1 is 1.33 bits per heavy atom. The van der Waals surface area contributed by atoms with Gasteiger partial charge in [-0.2, -0.15) is 0 Å². The van der Waals surface area contributed by atoms with Crippen molar-refractivity contribution in [2.24, 2.45) is 0 Å². The van der Waals surface area contributed by atoms with Gasteiger partial charge in [0, 0.05) is 16.4 Å². The number of rotatable bonds is 1. The molecule has 0 unspecified atom stereocenters. The maximum absolute atomic E-state index is 6.07. The van der Waals surface area contributed by atoms with Gasteiger partial charge in [-0.25, -0.2) is 0 Å². The standard InChI is InChI=1S/C13H14BrN3O/c14-9-3-4-12-10(7-9)13(11(15)8-16-12)17-5-1-2-6-18-17/h3-4,7-8H,1-2,5-6,15H2. The van der Waals surface area contributed by atoms with Crippen LogP contribution in [0.5, 0.6) is 0 Å². The van der Waals surface area contributed by atoms with Gasteiger partial charge >= 0.3 is 0 Å². The van der Waals surface area contributed by atoms with E-state index in [1.807, 2.05) is 23.3 Å². The Kier molecular flexibility index (Phi) is 3.09. The van der Waals surface area contributed by atoms with E-state index in [9.17, 15) is 0 Å². The summed E-state index contributed by atoms with van der Waals surface area (Å²) in [5.41, 5.74) is 8.58. The predicted molar refractivity (Wildman–Crippen MR) is 76.4 cm³/mol. The van der Waals surface area contributed by atoms with Crippen molar-refractivity contribution in [1.29, 1.82) is 0 Å². The van der Waals surface area contributed by atoms with Gasteiger partial charge in [0.1, 0.15) is 0 Å². The number of benzene rings is 1. The Bertz CT molecular complexity index is 576. The van der Waals surface area contributed by atoms with Crippen molar-refractivity contribution in [3.8, 4) is 0 Å². The van der Waals surface area contributed by atoms with Gasteiger partial charge in [-0.15, -0.1) is 0 Å². The number of nitrogens with zero attached hydrogens (tertiary/aromatic N) is 2. The van der Waals surface area contributed by atoms with Crippen molar-refractivity contribution in [2.75, 3.05) is 23.9 Å². The minimum Gasteiger partial charge on any atom is -0.396 e. The van der Waals surface area contributed by atoms with Crippen LogP contribution in [-0.2, 0) is 4.84 Å². The van der Waals surface area contributed by atoms with E-state index in [0.717, 1.165) is 47.1 Å². The van der Waals surface area contributed by atoms with Gasteiger partial charge in [0.2, 0.25) is 0 Å². The smallest absolute Gasteiger partial charge is 0.0976 e. The first-order valence-electron chi connectivity index (χ1n) is 6.00. The second kappa shape index (κ2) is 4.74. The Balaban J connectivity index is 2.18. The van der Waals surface area contributed by atoms with Crippen LogP contribution in [0.3, 0.4) is 0 Å². The quantitative estimate of drug-likeness (QED) is 0.879. The van der Waals surface area contributed by atoms with E-state index in [0.29, 0.717) is 5.69 Å². The molecule has 1 aromatic heterocycles. The molecule has 1 fully saturated rings. The summed E-state index contributed by atoms with van der Waals surface area (Å²) in [6.45, 7) is 1.62. The Hall–Kier alpha value is -1.33. The molecule has 0 radical (unpaired) electrons. The van der Waals surface area contributed by atoms with Crippen LogP contribution in [0.2, 0.25) is 0 Å². The lowest BCUT2D eigenvalue weighted by atomic mass is 10.1. The third-order valence-corrected chi connectivity index (χ3v) is 3.58. The molecule has 1 aliphatic rings. The number of pyridine rings is 1. The van der Waals surface area contributed by atoms with Crippen molar-refractivity contribution in [3.63, 3.8) is 0 Å².